The zero-order chi connectivity index (χ0) is 22.0. The topological polar surface area (TPSA) is 111 Å². The number of β-lactam (4-membered cyclic amide) rings is 1. The molecule has 0 aromatic heterocycles. The molecule has 2 heterocycles. The van der Waals surface area contributed by atoms with Gasteiger partial charge in [-0.15, -0.1) is 23.5 Å². The number of nitrogens with zero attached hydrogens (tertiary/aromatic N) is 2. The van der Waals surface area contributed by atoms with Crippen LogP contribution in [0.4, 0.5) is 0 Å². The number of thioether (sulfide) groups is 2. The molecule has 9 heteroatoms. The standard InChI is InChI=1S/C22H19N3O4S2/c23-11-10-17(26)24-18-19(27)25-12-22(21(28)29,13-30-20(18)25)31-16-9-5-4-8-15(16)14-6-2-1-3-7-14/h1-9,18,20H,10,12-13H2,(H,24,26)(H,28,29)/t18-,20-,22?/m1/s1. The van der Waals surface area contributed by atoms with Gasteiger partial charge in [0.2, 0.25) is 11.8 Å². The second-order valence-electron chi connectivity index (χ2n) is 7.31. The maximum absolute atomic E-state index is 12.6. The smallest absolute Gasteiger partial charge is 0.322 e. The van der Waals surface area contributed by atoms with Crippen LogP contribution in [-0.2, 0) is 14.4 Å². The molecule has 7 nitrogen and oxygen atoms in total. The number of amides is 2. The van der Waals surface area contributed by atoms with Gasteiger partial charge in [0.15, 0.2) is 0 Å². The first-order valence-corrected chi connectivity index (χ1v) is 11.5. The zero-order valence-corrected chi connectivity index (χ0v) is 18.0. The van der Waals surface area contributed by atoms with Gasteiger partial charge in [0.05, 0.1) is 6.07 Å². The number of hydrogen-bond donors (Lipinski definition) is 2. The van der Waals surface area contributed by atoms with Crippen molar-refractivity contribution >= 4 is 41.3 Å². The maximum Gasteiger partial charge on any atom is 0.322 e. The minimum atomic E-state index is -1.21. The summed E-state index contributed by atoms with van der Waals surface area (Å²) in [5.74, 6) is -1.50. The van der Waals surface area contributed by atoms with E-state index in [-0.39, 0.29) is 30.0 Å². The summed E-state index contributed by atoms with van der Waals surface area (Å²) in [6.07, 6.45) is -0.313. The van der Waals surface area contributed by atoms with Crippen molar-refractivity contribution in [3.05, 3.63) is 54.6 Å². The van der Waals surface area contributed by atoms with Crippen molar-refractivity contribution in [2.45, 2.75) is 27.5 Å². The number of carboxylic acids is 1. The Morgan fingerprint density at radius 3 is 2.65 bits per heavy atom. The molecule has 0 radical (unpaired) electrons. The van der Waals surface area contributed by atoms with E-state index >= 15 is 0 Å². The summed E-state index contributed by atoms with van der Waals surface area (Å²) in [6.45, 7) is 0.0528. The summed E-state index contributed by atoms with van der Waals surface area (Å²) < 4.78 is -1.21. The summed E-state index contributed by atoms with van der Waals surface area (Å²) in [7, 11) is 0. The molecule has 158 valence electrons. The molecule has 2 amide bonds. The quantitative estimate of drug-likeness (QED) is 0.647. The molecule has 0 spiro atoms. The number of carboxylic acid groups (broad SMARTS) is 1. The lowest BCUT2D eigenvalue weighted by molar-refractivity contribution is -0.152. The molecule has 0 aliphatic carbocycles. The van der Waals surface area contributed by atoms with Gasteiger partial charge in [-0.1, -0.05) is 48.5 Å². The van der Waals surface area contributed by atoms with Crippen molar-refractivity contribution < 1.29 is 19.5 Å². The average Bonchev–Trinajstić information content (AvgIpc) is 2.78. The Labute approximate surface area is 187 Å². The molecule has 0 bridgehead atoms. The van der Waals surface area contributed by atoms with E-state index in [0.717, 1.165) is 16.0 Å². The van der Waals surface area contributed by atoms with E-state index in [2.05, 4.69) is 5.32 Å². The van der Waals surface area contributed by atoms with Gasteiger partial charge in [0.1, 0.15) is 22.6 Å². The van der Waals surface area contributed by atoms with Crippen LogP contribution in [0.5, 0.6) is 0 Å². The highest BCUT2D eigenvalue weighted by Gasteiger charge is 2.58. The molecule has 2 fully saturated rings. The van der Waals surface area contributed by atoms with Gasteiger partial charge in [-0.2, -0.15) is 5.26 Å². The third-order valence-corrected chi connectivity index (χ3v) is 8.40. The van der Waals surface area contributed by atoms with Crippen molar-refractivity contribution in [2.75, 3.05) is 12.3 Å². The van der Waals surface area contributed by atoms with E-state index in [9.17, 15) is 19.5 Å². The number of fused-ring (bicyclic) bond motifs is 1. The fourth-order valence-corrected chi connectivity index (χ4v) is 6.69. The summed E-state index contributed by atoms with van der Waals surface area (Å²) in [5.41, 5.74) is 1.94. The third kappa shape index (κ3) is 4.01. The van der Waals surface area contributed by atoms with Crippen molar-refractivity contribution in [1.29, 1.82) is 5.26 Å². The Kier molecular flexibility index (Phi) is 5.94. The fraction of sp³-hybridized carbons (Fsp3) is 0.273. The number of hydrogen-bond acceptors (Lipinski definition) is 6. The van der Waals surface area contributed by atoms with Crippen LogP contribution in [0.3, 0.4) is 0 Å². The summed E-state index contributed by atoms with van der Waals surface area (Å²) in [5, 5.41) is 21.0. The first-order chi connectivity index (χ1) is 14.9. The van der Waals surface area contributed by atoms with Crippen LogP contribution in [0.2, 0.25) is 0 Å². The minimum absolute atomic E-state index is 0.0528. The molecular formula is C22H19N3O4S2. The fourth-order valence-electron chi connectivity index (χ4n) is 3.71. The Morgan fingerprint density at radius 1 is 1.23 bits per heavy atom. The molecule has 2 aromatic carbocycles. The molecule has 1 unspecified atom stereocenters. The number of carbonyl (C=O) groups is 3. The minimum Gasteiger partial charge on any atom is -0.480 e. The zero-order valence-electron chi connectivity index (χ0n) is 16.4. The molecular weight excluding hydrogens is 434 g/mol. The number of nitrogens with one attached hydrogen (secondary N) is 1. The first kappa shape index (κ1) is 21.3. The van der Waals surface area contributed by atoms with E-state index < -0.39 is 22.7 Å². The second-order valence-corrected chi connectivity index (χ2v) is 9.84. The predicted molar refractivity (Wildman–Crippen MR) is 118 cm³/mol. The Balaban J connectivity index is 1.56. The van der Waals surface area contributed by atoms with Gasteiger partial charge < -0.3 is 15.3 Å². The van der Waals surface area contributed by atoms with Crippen LogP contribution in [0, 0.1) is 11.3 Å². The highest BCUT2D eigenvalue weighted by atomic mass is 32.2. The molecule has 3 atom stereocenters. The van der Waals surface area contributed by atoms with Gasteiger partial charge in [-0.3, -0.25) is 14.4 Å². The lowest BCUT2D eigenvalue weighted by atomic mass is 10.0. The Hall–Kier alpha value is -2.96. The molecule has 2 aromatic rings. The van der Waals surface area contributed by atoms with E-state index in [0.29, 0.717) is 0 Å². The van der Waals surface area contributed by atoms with E-state index in [1.54, 1.807) is 6.07 Å². The Morgan fingerprint density at radius 2 is 1.94 bits per heavy atom. The van der Waals surface area contributed by atoms with Gasteiger partial charge in [0, 0.05) is 17.2 Å². The first-order valence-electron chi connectivity index (χ1n) is 9.60. The van der Waals surface area contributed by atoms with Gasteiger partial charge in [-0.25, -0.2) is 0 Å². The summed E-state index contributed by atoms with van der Waals surface area (Å²) >= 11 is 2.61. The van der Waals surface area contributed by atoms with Crippen LogP contribution < -0.4 is 5.32 Å². The number of rotatable bonds is 6. The second kappa shape index (κ2) is 8.65. The SMILES string of the molecule is N#CCC(=O)N[C@@H]1C(=O)N2CC(Sc3ccccc3-c3ccccc3)(C(=O)O)CS[C@H]12. The Bertz CT molecular complexity index is 1070. The van der Waals surface area contributed by atoms with Crippen LogP contribution in [-0.4, -0.2) is 56.3 Å². The number of nitriles is 1. The van der Waals surface area contributed by atoms with Gasteiger partial charge in [-0.05, 0) is 17.2 Å². The molecule has 2 N–H and O–H groups in total. The lowest BCUT2D eigenvalue weighted by Gasteiger charge is -2.53. The van der Waals surface area contributed by atoms with Crippen LogP contribution in [0.25, 0.3) is 11.1 Å². The van der Waals surface area contributed by atoms with Gasteiger partial charge >= 0.3 is 5.97 Å². The maximum atomic E-state index is 12.6. The van der Waals surface area contributed by atoms with Crippen molar-refractivity contribution in [1.82, 2.24) is 10.2 Å². The normalized spacial score (nSPS) is 24.5. The van der Waals surface area contributed by atoms with Crippen LogP contribution in [0.1, 0.15) is 6.42 Å². The highest BCUT2D eigenvalue weighted by Crippen LogP contribution is 2.48. The van der Waals surface area contributed by atoms with E-state index in [1.165, 1.54) is 28.4 Å². The predicted octanol–water partition coefficient (Wildman–Crippen LogP) is 2.58. The molecule has 31 heavy (non-hydrogen) atoms. The molecule has 2 aliphatic rings. The lowest BCUT2D eigenvalue weighted by Crippen LogP contribution is -2.74. The van der Waals surface area contributed by atoms with E-state index in [1.807, 2.05) is 54.6 Å². The summed E-state index contributed by atoms with van der Waals surface area (Å²) in [4.78, 5) is 39.0. The molecule has 2 saturated heterocycles. The van der Waals surface area contributed by atoms with Crippen molar-refractivity contribution in [3.63, 3.8) is 0 Å². The molecule has 4 rings (SSSR count). The summed E-state index contributed by atoms with van der Waals surface area (Å²) in [6, 6.07) is 18.5. The molecule has 2 aliphatic heterocycles. The van der Waals surface area contributed by atoms with E-state index in [4.69, 9.17) is 5.26 Å². The third-order valence-electron chi connectivity index (χ3n) is 5.28. The number of benzene rings is 2. The highest BCUT2D eigenvalue weighted by molar-refractivity contribution is 8.05. The number of carbonyl (C=O) groups excluding carboxylic acids is 2. The van der Waals surface area contributed by atoms with Crippen molar-refractivity contribution in [3.8, 4) is 17.2 Å². The van der Waals surface area contributed by atoms with Crippen molar-refractivity contribution in [2.24, 2.45) is 0 Å². The monoisotopic (exact) mass is 453 g/mol. The largest absolute Gasteiger partial charge is 0.480 e. The number of aliphatic carboxylic acids is 1. The van der Waals surface area contributed by atoms with Crippen LogP contribution >= 0.6 is 23.5 Å². The van der Waals surface area contributed by atoms with Gasteiger partial charge in [0.25, 0.3) is 0 Å². The average molecular weight is 454 g/mol. The molecule has 0 saturated carbocycles. The van der Waals surface area contributed by atoms with Crippen LogP contribution in [0.15, 0.2) is 59.5 Å².